The van der Waals surface area contributed by atoms with E-state index in [1.165, 1.54) is 16.7 Å². The van der Waals surface area contributed by atoms with Crippen molar-refractivity contribution >= 4 is 5.78 Å². The molecule has 0 spiro atoms. The molecule has 1 atom stereocenters. The Labute approximate surface area is 161 Å². The smallest absolute Gasteiger partial charge is 0.139 e. The minimum absolute atomic E-state index is 0.00716. The number of Topliss-reactive ketones (excluding diaryl/α,β-unsaturated/α-hetero) is 1. The molecule has 27 heavy (non-hydrogen) atoms. The van der Waals surface area contributed by atoms with Crippen LogP contribution >= 0.6 is 0 Å². The number of hydrogen-bond donors (Lipinski definition) is 0. The average Bonchev–Trinajstić information content (AvgIpc) is 2.73. The van der Waals surface area contributed by atoms with Gasteiger partial charge in [0.05, 0.1) is 0 Å². The van der Waals surface area contributed by atoms with Gasteiger partial charge in [-0.1, -0.05) is 91.0 Å². The molecule has 136 valence electrons. The third-order valence-corrected chi connectivity index (χ3v) is 5.51. The number of benzene rings is 3. The van der Waals surface area contributed by atoms with Gasteiger partial charge in [0.1, 0.15) is 5.78 Å². The highest BCUT2D eigenvalue weighted by Crippen LogP contribution is 2.35. The van der Waals surface area contributed by atoms with Gasteiger partial charge in [-0.2, -0.15) is 0 Å². The van der Waals surface area contributed by atoms with Crippen LogP contribution in [0, 0.1) is 5.92 Å². The van der Waals surface area contributed by atoms with E-state index in [2.05, 4.69) is 77.7 Å². The zero-order chi connectivity index (χ0) is 18.5. The van der Waals surface area contributed by atoms with E-state index in [1.54, 1.807) is 0 Å². The van der Waals surface area contributed by atoms with E-state index in [0.717, 1.165) is 19.6 Å². The van der Waals surface area contributed by atoms with Crippen LogP contribution in [0.25, 0.3) is 0 Å². The number of ketones is 1. The molecule has 0 amide bonds. The Bertz CT molecular complexity index is 821. The first kappa shape index (κ1) is 17.7. The molecular weight excluding hydrogens is 330 g/mol. The molecule has 0 aromatic heterocycles. The van der Waals surface area contributed by atoms with Gasteiger partial charge in [-0.05, 0) is 16.7 Å². The zero-order valence-electron chi connectivity index (χ0n) is 15.5. The number of piperidine rings is 1. The average molecular weight is 355 g/mol. The van der Waals surface area contributed by atoms with E-state index >= 15 is 0 Å². The molecular formula is C25H25NO. The summed E-state index contributed by atoms with van der Waals surface area (Å²) in [6.07, 6.45) is 0.633. The molecule has 0 N–H and O–H groups in total. The topological polar surface area (TPSA) is 20.3 Å². The number of nitrogens with zero attached hydrogens (tertiary/aromatic N) is 1. The summed E-state index contributed by atoms with van der Waals surface area (Å²) in [4.78, 5) is 15.4. The van der Waals surface area contributed by atoms with Crippen molar-refractivity contribution in [3.63, 3.8) is 0 Å². The summed E-state index contributed by atoms with van der Waals surface area (Å²) in [7, 11) is 0. The summed E-state index contributed by atoms with van der Waals surface area (Å²) in [5.41, 5.74) is 3.76. The highest BCUT2D eigenvalue weighted by molar-refractivity contribution is 5.83. The standard InChI is InChI=1S/C25H25NO/c27-24-16-17-26(18-20-10-4-1-5-11-20)19-23(24)25(21-12-6-2-7-13-21)22-14-8-3-9-15-22/h1-15,23,25H,16-19H2. The van der Waals surface area contributed by atoms with Gasteiger partial charge in [0.2, 0.25) is 0 Å². The summed E-state index contributed by atoms with van der Waals surface area (Å²) >= 11 is 0. The molecule has 0 radical (unpaired) electrons. The molecule has 1 aliphatic rings. The first-order chi connectivity index (χ1) is 13.3. The molecule has 2 heteroatoms. The largest absolute Gasteiger partial charge is 0.299 e. The molecule has 4 rings (SSSR count). The van der Waals surface area contributed by atoms with Gasteiger partial charge in [0.15, 0.2) is 0 Å². The Hall–Kier alpha value is -2.71. The van der Waals surface area contributed by atoms with Crippen molar-refractivity contribution < 1.29 is 4.79 Å². The Morgan fingerprint density at radius 1 is 0.778 bits per heavy atom. The SMILES string of the molecule is O=C1CCN(Cc2ccccc2)CC1C(c1ccccc1)c1ccccc1. The van der Waals surface area contributed by atoms with Crippen LogP contribution in [0.1, 0.15) is 29.0 Å². The number of likely N-dealkylation sites (tertiary alicyclic amines) is 1. The fourth-order valence-corrected chi connectivity index (χ4v) is 4.18. The van der Waals surface area contributed by atoms with Crippen LogP contribution in [0.15, 0.2) is 91.0 Å². The van der Waals surface area contributed by atoms with E-state index in [0.29, 0.717) is 12.2 Å². The number of hydrogen-bond acceptors (Lipinski definition) is 2. The summed E-state index contributed by atoms with van der Waals surface area (Å²) < 4.78 is 0. The van der Waals surface area contributed by atoms with Crippen molar-refractivity contribution in [2.45, 2.75) is 18.9 Å². The third kappa shape index (κ3) is 4.17. The van der Waals surface area contributed by atoms with E-state index in [4.69, 9.17) is 0 Å². The van der Waals surface area contributed by atoms with E-state index in [9.17, 15) is 4.79 Å². The van der Waals surface area contributed by atoms with Crippen LogP contribution in [0.3, 0.4) is 0 Å². The summed E-state index contributed by atoms with van der Waals surface area (Å²) in [5.74, 6) is 0.489. The Balaban J connectivity index is 1.63. The molecule has 1 heterocycles. The fourth-order valence-electron chi connectivity index (χ4n) is 4.18. The molecule has 3 aromatic carbocycles. The number of carbonyl (C=O) groups is 1. The van der Waals surface area contributed by atoms with Crippen molar-refractivity contribution in [1.29, 1.82) is 0 Å². The van der Waals surface area contributed by atoms with Crippen molar-refractivity contribution in [3.8, 4) is 0 Å². The van der Waals surface area contributed by atoms with Crippen LogP contribution in [0.2, 0.25) is 0 Å². The summed E-state index contributed by atoms with van der Waals surface area (Å²) in [6, 6.07) is 31.5. The monoisotopic (exact) mass is 355 g/mol. The molecule has 1 fully saturated rings. The Kier molecular flexibility index (Phi) is 5.45. The minimum Gasteiger partial charge on any atom is -0.299 e. The molecule has 1 aliphatic heterocycles. The van der Waals surface area contributed by atoms with Gasteiger partial charge in [-0.15, -0.1) is 0 Å². The summed E-state index contributed by atoms with van der Waals surface area (Å²) in [6.45, 7) is 2.56. The lowest BCUT2D eigenvalue weighted by molar-refractivity contribution is -0.126. The van der Waals surface area contributed by atoms with Gasteiger partial charge >= 0.3 is 0 Å². The molecule has 0 bridgehead atoms. The lowest BCUT2D eigenvalue weighted by atomic mass is 9.76. The molecule has 0 saturated carbocycles. The first-order valence-corrected chi connectivity index (χ1v) is 9.70. The van der Waals surface area contributed by atoms with E-state index in [-0.39, 0.29) is 11.8 Å². The molecule has 3 aromatic rings. The van der Waals surface area contributed by atoms with Gasteiger partial charge in [0, 0.05) is 37.9 Å². The molecule has 1 saturated heterocycles. The van der Waals surface area contributed by atoms with E-state index in [1.807, 2.05) is 18.2 Å². The lowest BCUT2D eigenvalue weighted by Gasteiger charge is -2.36. The molecule has 0 aliphatic carbocycles. The maximum absolute atomic E-state index is 13.0. The number of rotatable bonds is 5. The van der Waals surface area contributed by atoms with Crippen LogP contribution in [-0.4, -0.2) is 23.8 Å². The van der Waals surface area contributed by atoms with Crippen molar-refractivity contribution in [3.05, 3.63) is 108 Å². The van der Waals surface area contributed by atoms with E-state index < -0.39 is 0 Å². The second kappa shape index (κ2) is 8.32. The summed E-state index contributed by atoms with van der Waals surface area (Å²) in [5, 5.41) is 0. The predicted octanol–water partition coefficient (Wildman–Crippen LogP) is 4.91. The molecule has 1 unspecified atom stereocenters. The quantitative estimate of drug-likeness (QED) is 0.648. The fraction of sp³-hybridized carbons (Fsp3) is 0.240. The second-order valence-electron chi connectivity index (χ2n) is 7.34. The van der Waals surface area contributed by atoms with Gasteiger partial charge in [0.25, 0.3) is 0 Å². The number of carbonyl (C=O) groups excluding carboxylic acids is 1. The normalized spacial score (nSPS) is 18.0. The van der Waals surface area contributed by atoms with Crippen LogP contribution in [0.5, 0.6) is 0 Å². The predicted molar refractivity (Wildman–Crippen MR) is 110 cm³/mol. The molecule has 2 nitrogen and oxygen atoms in total. The minimum atomic E-state index is -0.00716. The van der Waals surface area contributed by atoms with Crippen LogP contribution in [0.4, 0.5) is 0 Å². The second-order valence-corrected chi connectivity index (χ2v) is 7.34. The van der Waals surface area contributed by atoms with Gasteiger partial charge in [-0.25, -0.2) is 0 Å². The Morgan fingerprint density at radius 2 is 1.30 bits per heavy atom. The van der Waals surface area contributed by atoms with Crippen LogP contribution < -0.4 is 0 Å². The van der Waals surface area contributed by atoms with Gasteiger partial charge in [-0.3, -0.25) is 9.69 Å². The zero-order valence-corrected chi connectivity index (χ0v) is 15.5. The maximum Gasteiger partial charge on any atom is 0.139 e. The van der Waals surface area contributed by atoms with Crippen LogP contribution in [-0.2, 0) is 11.3 Å². The van der Waals surface area contributed by atoms with Gasteiger partial charge < -0.3 is 0 Å². The Morgan fingerprint density at radius 3 is 1.85 bits per heavy atom. The highest BCUT2D eigenvalue weighted by atomic mass is 16.1. The van der Waals surface area contributed by atoms with Crippen molar-refractivity contribution in [2.75, 3.05) is 13.1 Å². The maximum atomic E-state index is 13.0. The first-order valence-electron chi connectivity index (χ1n) is 9.70. The van der Waals surface area contributed by atoms with Crippen molar-refractivity contribution in [2.24, 2.45) is 5.92 Å². The van der Waals surface area contributed by atoms with Crippen molar-refractivity contribution in [1.82, 2.24) is 4.90 Å². The third-order valence-electron chi connectivity index (χ3n) is 5.51. The lowest BCUT2D eigenvalue weighted by Crippen LogP contribution is -2.43. The highest BCUT2D eigenvalue weighted by Gasteiger charge is 2.35.